The number of nitrogens with zero attached hydrogens (tertiary/aromatic N) is 2. The number of anilines is 1. The van der Waals surface area contributed by atoms with Crippen molar-refractivity contribution in [3.63, 3.8) is 0 Å². The second-order valence-electron chi connectivity index (χ2n) is 3.15. The maximum absolute atomic E-state index is 5.85. The minimum absolute atomic E-state index is 0.636. The van der Waals surface area contributed by atoms with E-state index >= 15 is 0 Å². The number of halogens is 2. The zero-order valence-corrected chi connectivity index (χ0v) is 10.2. The minimum Gasteiger partial charge on any atom is -0.384 e. The molecule has 3 nitrogen and oxygen atoms in total. The van der Waals surface area contributed by atoms with Crippen molar-refractivity contribution in [3.8, 4) is 0 Å². The molecule has 2 N–H and O–H groups in total. The van der Waals surface area contributed by atoms with E-state index in [-0.39, 0.29) is 0 Å². The van der Waals surface area contributed by atoms with Gasteiger partial charge in [-0.05, 0) is 23.8 Å². The van der Waals surface area contributed by atoms with Gasteiger partial charge in [0.2, 0.25) is 0 Å². The highest BCUT2D eigenvalue weighted by atomic mass is 79.9. The first-order valence-corrected chi connectivity index (χ1v) is 5.55. The molecule has 15 heavy (non-hydrogen) atoms. The highest BCUT2D eigenvalue weighted by Crippen LogP contribution is 2.22. The number of benzene rings is 1. The quantitative estimate of drug-likeness (QED) is 0.922. The third-order valence-corrected chi connectivity index (χ3v) is 3.06. The lowest BCUT2D eigenvalue weighted by molar-refractivity contribution is 0.695. The molecule has 2 rings (SSSR count). The van der Waals surface area contributed by atoms with E-state index in [1.165, 1.54) is 0 Å². The van der Waals surface area contributed by atoms with Gasteiger partial charge in [-0.3, -0.25) is 0 Å². The molecule has 0 spiro atoms. The molecular weight excluding hydrogens is 277 g/mol. The van der Waals surface area contributed by atoms with E-state index < -0.39 is 0 Å². The van der Waals surface area contributed by atoms with Crippen LogP contribution in [0.5, 0.6) is 0 Å². The normalized spacial score (nSPS) is 10.5. The Hall–Kier alpha value is -1.000. The fourth-order valence-corrected chi connectivity index (χ4v) is 2.09. The van der Waals surface area contributed by atoms with Crippen LogP contribution in [0.15, 0.2) is 34.9 Å². The number of hydrogen-bond donors (Lipinski definition) is 1. The van der Waals surface area contributed by atoms with E-state index in [2.05, 4.69) is 21.0 Å². The molecule has 0 bridgehead atoms. The van der Waals surface area contributed by atoms with Gasteiger partial charge in [0.1, 0.15) is 5.82 Å². The van der Waals surface area contributed by atoms with Crippen LogP contribution in [-0.4, -0.2) is 9.78 Å². The summed E-state index contributed by atoms with van der Waals surface area (Å²) in [6, 6.07) is 7.43. The average Bonchev–Trinajstić information content (AvgIpc) is 2.57. The first-order valence-electron chi connectivity index (χ1n) is 4.38. The molecule has 0 radical (unpaired) electrons. The van der Waals surface area contributed by atoms with Crippen LogP contribution in [0.4, 0.5) is 5.82 Å². The van der Waals surface area contributed by atoms with Gasteiger partial charge < -0.3 is 5.73 Å². The molecule has 5 heteroatoms. The van der Waals surface area contributed by atoms with E-state index in [4.69, 9.17) is 17.3 Å². The summed E-state index contributed by atoms with van der Waals surface area (Å²) in [5, 5.41) is 4.82. The zero-order chi connectivity index (χ0) is 10.8. The number of hydrogen-bond acceptors (Lipinski definition) is 2. The lowest BCUT2D eigenvalue weighted by atomic mass is 10.2. The SMILES string of the molecule is Nc1ccnn1Cc1ccc(Cl)cc1Br. The summed E-state index contributed by atoms with van der Waals surface area (Å²) in [4.78, 5) is 0. The molecule has 0 unspecified atom stereocenters. The van der Waals surface area contributed by atoms with Gasteiger partial charge >= 0.3 is 0 Å². The van der Waals surface area contributed by atoms with E-state index in [1.807, 2.05) is 18.2 Å². The van der Waals surface area contributed by atoms with Crippen LogP contribution < -0.4 is 5.73 Å². The highest BCUT2D eigenvalue weighted by Gasteiger charge is 2.04. The fraction of sp³-hybridized carbons (Fsp3) is 0.100. The minimum atomic E-state index is 0.636. The van der Waals surface area contributed by atoms with Gasteiger partial charge in [-0.1, -0.05) is 33.6 Å². The van der Waals surface area contributed by atoms with Crippen LogP contribution in [-0.2, 0) is 6.54 Å². The lowest BCUT2D eigenvalue weighted by Crippen LogP contribution is -2.05. The molecule has 1 heterocycles. The number of nitrogen functional groups attached to an aromatic ring is 1. The Balaban J connectivity index is 2.29. The lowest BCUT2D eigenvalue weighted by Gasteiger charge is -2.06. The predicted octanol–water partition coefficient (Wildman–Crippen LogP) is 2.93. The first-order chi connectivity index (χ1) is 7.16. The standard InChI is InChI=1S/C10H9BrClN3/c11-9-5-8(12)2-1-7(9)6-15-10(13)3-4-14-15/h1-5H,6,13H2. The molecular formula is C10H9BrClN3. The van der Waals surface area contributed by atoms with Gasteiger partial charge in [-0.25, -0.2) is 4.68 Å². The molecule has 0 aliphatic rings. The molecule has 0 saturated carbocycles. The van der Waals surface area contributed by atoms with Crippen LogP contribution in [0.25, 0.3) is 0 Å². The van der Waals surface area contributed by atoms with Gasteiger partial charge in [0.05, 0.1) is 12.7 Å². The molecule has 2 aromatic rings. The molecule has 0 aliphatic carbocycles. The third-order valence-electron chi connectivity index (χ3n) is 2.08. The van der Waals surface area contributed by atoms with Gasteiger partial charge in [0, 0.05) is 9.50 Å². The Kier molecular flexibility index (Phi) is 2.98. The van der Waals surface area contributed by atoms with Crippen molar-refractivity contribution in [2.75, 3.05) is 5.73 Å². The van der Waals surface area contributed by atoms with Crippen LogP contribution in [0.1, 0.15) is 5.56 Å². The Morgan fingerprint density at radius 2 is 2.20 bits per heavy atom. The topological polar surface area (TPSA) is 43.8 Å². The van der Waals surface area contributed by atoms with Gasteiger partial charge in [-0.15, -0.1) is 0 Å². The third kappa shape index (κ3) is 2.33. The van der Waals surface area contributed by atoms with Crippen molar-refractivity contribution in [3.05, 3.63) is 45.5 Å². The summed E-state index contributed by atoms with van der Waals surface area (Å²) in [6.45, 7) is 0.636. The van der Waals surface area contributed by atoms with Crippen molar-refractivity contribution in [1.29, 1.82) is 0 Å². The van der Waals surface area contributed by atoms with E-state index in [0.717, 1.165) is 10.0 Å². The smallest absolute Gasteiger partial charge is 0.122 e. The Labute approximate surface area is 101 Å². The number of nitrogens with two attached hydrogens (primary N) is 1. The Bertz CT molecular complexity index is 481. The van der Waals surface area contributed by atoms with E-state index in [1.54, 1.807) is 16.9 Å². The largest absolute Gasteiger partial charge is 0.384 e. The molecule has 0 aliphatic heterocycles. The maximum Gasteiger partial charge on any atom is 0.122 e. The summed E-state index contributed by atoms with van der Waals surface area (Å²) in [5.74, 6) is 0.650. The maximum atomic E-state index is 5.85. The molecule has 1 aromatic carbocycles. The van der Waals surface area contributed by atoms with Crippen LogP contribution in [0, 0.1) is 0 Å². The van der Waals surface area contributed by atoms with Gasteiger partial charge in [0.25, 0.3) is 0 Å². The Morgan fingerprint density at radius 1 is 1.40 bits per heavy atom. The molecule has 0 saturated heterocycles. The van der Waals surface area contributed by atoms with Crippen LogP contribution in [0.2, 0.25) is 5.02 Å². The van der Waals surface area contributed by atoms with Crippen molar-refractivity contribution in [2.45, 2.75) is 6.54 Å². The zero-order valence-electron chi connectivity index (χ0n) is 7.82. The van der Waals surface area contributed by atoms with Crippen molar-refractivity contribution in [1.82, 2.24) is 9.78 Å². The summed E-state index contributed by atoms with van der Waals surface area (Å²) < 4.78 is 2.69. The highest BCUT2D eigenvalue weighted by molar-refractivity contribution is 9.10. The predicted molar refractivity (Wildman–Crippen MR) is 64.9 cm³/mol. The van der Waals surface area contributed by atoms with Crippen LogP contribution in [0.3, 0.4) is 0 Å². The number of aromatic nitrogens is 2. The second kappa shape index (κ2) is 4.24. The van der Waals surface area contributed by atoms with Crippen molar-refractivity contribution in [2.24, 2.45) is 0 Å². The summed E-state index contributed by atoms with van der Waals surface area (Å²) >= 11 is 9.30. The van der Waals surface area contributed by atoms with E-state index in [9.17, 15) is 0 Å². The number of rotatable bonds is 2. The molecule has 0 fully saturated rings. The molecule has 0 atom stereocenters. The summed E-state index contributed by atoms with van der Waals surface area (Å²) in [7, 11) is 0. The van der Waals surface area contributed by atoms with Crippen LogP contribution >= 0.6 is 27.5 Å². The first kappa shape index (κ1) is 10.5. The molecule has 0 amide bonds. The monoisotopic (exact) mass is 285 g/mol. The summed E-state index contributed by atoms with van der Waals surface area (Å²) in [6.07, 6.45) is 1.68. The van der Waals surface area contributed by atoms with Gasteiger partial charge in [-0.2, -0.15) is 5.10 Å². The molecule has 1 aromatic heterocycles. The fourth-order valence-electron chi connectivity index (χ4n) is 1.29. The van der Waals surface area contributed by atoms with Crippen molar-refractivity contribution < 1.29 is 0 Å². The van der Waals surface area contributed by atoms with Crippen molar-refractivity contribution >= 4 is 33.3 Å². The molecule has 78 valence electrons. The van der Waals surface area contributed by atoms with E-state index in [0.29, 0.717) is 17.4 Å². The second-order valence-corrected chi connectivity index (χ2v) is 4.44. The summed E-state index contributed by atoms with van der Waals surface area (Å²) in [5.41, 5.74) is 6.82. The average molecular weight is 287 g/mol. The Morgan fingerprint density at radius 3 is 2.80 bits per heavy atom. The van der Waals surface area contributed by atoms with Gasteiger partial charge in [0.15, 0.2) is 0 Å².